The van der Waals surface area contributed by atoms with E-state index in [4.69, 9.17) is 0 Å². The summed E-state index contributed by atoms with van der Waals surface area (Å²) in [6.45, 7) is 4.94. The highest BCUT2D eigenvalue weighted by Crippen LogP contribution is 2.26. The third kappa shape index (κ3) is 2.51. The molecule has 3 nitrogen and oxygen atoms in total. The second-order valence-corrected chi connectivity index (χ2v) is 4.83. The smallest absolute Gasteiger partial charge is 0.239 e. The fourth-order valence-electron chi connectivity index (χ4n) is 2.86. The molecule has 1 saturated carbocycles. The zero-order valence-electron chi connectivity index (χ0n) is 9.67. The number of amides is 1. The normalized spacial score (nSPS) is 27.9. The minimum Gasteiger partial charge on any atom is -0.341 e. The number of likely N-dealkylation sites (N-methyl/N-ethyl adjacent to an activating group) is 1. The highest BCUT2D eigenvalue weighted by atomic mass is 16.2. The lowest BCUT2D eigenvalue weighted by atomic mass is 10.1. The van der Waals surface area contributed by atoms with Gasteiger partial charge < -0.3 is 10.2 Å². The van der Waals surface area contributed by atoms with Gasteiger partial charge >= 0.3 is 0 Å². The molecule has 1 N–H and O–H groups in total. The molecule has 2 rings (SSSR count). The van der Waals surface area contributed by atoms with Gasteiger partial charge in [-0.3, -0.25) is 4.79 Å². The van der Waals surface area contributed by atoms with Crippen molar-refractivity contribution in [2.75, 3.05) is 19.6 Å². The van der Waals surface area contributed by atoms with E-state index in [9.17, 15) is 4.79 Å². The van der Waals surface area contributed by atoms with E-state index < -0.39 is 0 Å². The third-order valence-electron chi connectivity index (χ3n) is 3.70. The van der Waals surface area contributed by atoms with Crippen LogP contribution in [0.25, 0.3) is 0 Å². The predicted octanol–water partition coefficient (Wildman–Crippen LogP) is 1.39. The number of nitrogens with one attached hydrogen (secondary N) is 1. The zero-order chi connectivity index (χ0) is 10.7. The Morgan fingerprint density at radius 1 is 1.33 bits per heavy atom. The van der Waals surface area contributed by atoms with Gasteiger partial charge in [0.2, 0.25) is 5.91 Å². The number of carbonyl (C=O) groups is 1. The third-order valence-corrected chi connectivity index (χ3v) is 3.70. The van der Waals surface area contributed by atoms with Crippen LogP contribution in [0.5, 0.6) is 0 Å². The summed E-state index contributed by atoms with van der Waals surface area (Å²) in [6, 6.07) is 0.108. The van der Waals surface area contributed by atoms with E-state index >= 15 is 0 Å². The molecule has 0 aromatic heterocycles. The molecule has 1 aliphatic carbocycles. The first-order valence-electron chi connectivity index (χ1n) is 6.33. The Hall–Kier alpha value is -0.570. The molecule has 0 spiro atoms. The summed E-state index contributed by atoms with van der Waals surface area (Å²) in [6.07, 6.45) is 6.39. The maximum atomic E-state index is 11.9. The van der Waals surface area contributed by atoms with Gasteiger partial charge in [0.05, 0.1) is 6.04 Å². The molecule has 86 valence electrons. The van der Waals surface area contributed by atoms with Crippen molar-refractivity contribution in [1.29, 1.82) is 0 Å². The Morgan fingerprint density at radius 3 is 2.73 bits per heavy atom. The Balaban J connectivity index is 1.81. The van der Waals surface area contributed by atoms with Gasteiger partial charge in [0, 0.05) is 13.1 Å². The SMILES string of the molecule is CCNC1CCN(CC2CCCC2)C1=O. The molecule has 1 amide bonds. The molecular weight excluding hydrogens is 188 g/mol. The number of carbonyl (C=O) groups excluding carboxylic acids is 1. The van der Waals surface area contributed by atoms with E-state index in [1.807, 2.05) is 0 Å². The van der Waals surface area contributed by atoms with E-state index in [0.717, 1.165) is 32.0 Å². The van der Waals surface area contributed by atoms with Crippen molar-refractivity contribution in [1.82, 2.24) is 10.2 Å². The molecule has 0 aromatic carbocycles. The maximum absolute atomic E-state index is 11.9. The Kier molecular flexibility index (Phi) is 3.62. The molecule has 1 unspecified atom stereocenters. The summed E-state index contributed by atoms with van der Waals surface area (Å²) in [5.41, 5.74) is 0. The molecule has 1 atom stereocenters. The Labute approximate surface area is 92.2 Å². The molecule has 3 heteroatoms. The van der Waals surface area contributed by atoms with Gasteiger partial charge in [0.25, 0.3) is 0 Å². The molecule has 0 bridgehead atoms. The highest BCUT2D eigenvalue weighted by Gasteiger charge is 2.32. The van der Waals surface area contributed by atoms with Crippen LogP contribution in [0.2, 0.25) is 0 Å². The van der Waals surface area contributed by atoms with Crippen LogP contribution in [0.15, 0.2) is 0 Å². The van der Waals surface area contributed by atoms with Crippen LogP contribution in [0, 0.1) is 5.92 Å². The first-order valence-corrected chi connectivity index (χ1v) is 6.33. The largest absolute Gasteiger partial charge is 0.341 e. The van der Waals surface area contributed by atoms with Crippen molar-refractivity contribution < 1.29 is 4.79 Å². The van der Waals surface area contributed by atoms with E-state index in [1.165, 1.54) is 25.7 Å². The number of hydrogen-bond donors (Lipinski definition) is 1. The second kappa shape index (κ2) is 4.97. The van der Waals surface area contributed by atoms with E-state index in [-0.39, 0.29) is 6.04 Å². The van der Waals surface area contributed by atoms with Crippen molar-refractivity contribution >= 4 is 5.91 Å². The topological polar surface area (TPSA) is 32.3 Å². The second-order valence-electron chi connectivity index (χ2n) is 4.83. The quantitative estimate of drug-likeness (QED) is 0.760. The molecule has 2 fully saturated rings. The molecule has 1 aliphatic heterocycles. The number of nitrogens with zero attached hydrogens (tertiary/aromatic N) is 1. The summed E-state index contributed by atoms with van der Waals surface area (Å²) >= 11 is 0. The molecule has 2 aliphatic rings. The van der Waals surface area contributed by atoms with Gasteiger partial charge in [-0.1, -0.05) is 19.8 Å². The molecule has 15 heavy (non-hydrogen) atoms. The van der Waals surface area contributed by atoms with Crippen LogP contribution >= 0.6 is 0 Å². The lowest BCUT2D eigenvalue weighted by Crippen LogP contribution is -2.39. The first-order chi connectivity index (χ1) is 7.31. The average Bonchev–Trinajstić information content (AvgIpc) is 2.83. The summed E-state index contributed by atoms with van der Waals surface area (Å²) in [4.78, 5) is 14.0. The van der Waals surface area contributed by atoms with E-state index in [2.05, 4.69) is 17.1 Å². The standard InChI is InChI=1S/C12H22N2O/c1-2-13-11-7-8-14(12(11)15)9-10-5-3-4-6-10/h10-11,13H,2-9H2,1H3. The molecular formula is C12H22N2O. The summed E-state index contributed by atoms with van der Waals surface area (Å²) in [5.74, 6) is 1.12. The van der Waals surface area contributed by atoms with Gasteiger partial charge in [0.15, 0.2) is 0 Å². The molecule has 0 aromatic rings. The fourth-order valence-corrected chi connectivity index (χ4v) is 2.86. The van der Waals surface area contributed by atoms with Crippen LogP contribution in [0.4, 0.5) is 0 Å². The van der Waals surface area contributed by atoms with Crippen LogP contribution in [0.3, 0.4) is 0 Å². The van der Waals surface area contributed by atoms with Crippen molar-refractivity contribution in [2.24, 2.45) is 5.92 Å². The fraction of sp³-hybridized carbons (Fsp3) is 0.917. The van der Waals surface area contributed by atoms with Gasteiger partial charge in [-0.15, -0.1) is 0 Å². The summed E-state index contributed by atoms with van der Waals surface area (Å²) in [5, 5.41) is 3.26. The highest BCUT2D eigenvalue weighted by molar-refractivity contribution is 5.83. The van der Waals surface area contributed by atoms with Crippen LogP contribution in [-0.2, 0) is 4.79 Å². The van der Waals surface area contributed by atoms with Gasteiger partial charge in [-0.25, -0.2) is 0 Å². The van der Waals surface area contributed by atoms with Crippen molar-refractivity contribution in [3.8, 4) is 0 Å². The molecule has 1 saturated heterocycles. The number of hydrogen-bond acceptors (Lipinski definition) is 2. The predicted molar refractivity (Wildman–Crippen MR) is 60.6 cm³/mol. The number of rotatable bonds is 4. The van der Waals surface area contributed by atoms with Crippen LogP contribution in [0.1, 0.15) is 39.0 Å². The lowest BCUT2D eigenvalue weighted by molar-refractivity contribution is -0.129. The van der Waals surface area contributed by atoms with Crippen LogP contribution in [-0.4, -0.2) is 36.5 Å². The summed E-state index contributed by atoms with van der Waals surface area (Å²) in [7, 11) is 0. The average molecular weight is 210 g/mol. The van der Waals surface area contributed by atoms with Gasteiger partial charge in [-0.05, 0) is 31.7 Å². The number of likely N-dealkylation sites (tertiary alicyclic amines) is 1. The minimum atomic E-state index is 0.108. The first kappa shape index (κ1) is 10.9. The zero-order valence-corrected chi connectivity index (χ0v) is 9.67. The minimum absolute atomic E-state index is 0.108. The van der Waals surface area contributed by atoms with Crippen molar-refractivity contribution in [3.63, 3.8) is 0 Å². The van der Waals surface area contributed by atoms with Gasteiger partial charge in [0.1, 0.15) is 0 Å². The lowest BCUT2D eigenvalue weighted by Gasteiger charge is -2.20. The summed E-state index contributed by atoms with van der Waals surface area (Å²) < 4.78 is 0. The molecule has 0 radical (unpaired) electrons. The monoisotopic (exact) mass is 210 g/mol. The van der Waals surface area contributed by atoms with E-state index in [1.54, 1.807) is 0 Å². The maximum Gasteiger partial charge on any atom is 0.239 e. The van der Waals surface area contributed by atoms with Crippen LogP contribution < -0.4 is 5.32 Å². The molecule has 1 heterocycles. The Bertz CT molecular complexity index is 224. The Morgan fingerprint density at radius 2 is 2.07 bits per heavy atom. The van der Waals surface area contributed by atoms with Crippen molar-refractivity contribution in [3.05, 3.63) is 0 Å². The van der Waals surface area contributed by atoms with Crippen molar-refractivity contribution in [2.45, 2.75) is 45.1 Å². The van der Waals surface area contributed by atoms with E-state index in [0.29, 0.717) is 5.91 Å². The van der Waals surface area contributed by atoms with Gasteiger partial charge in [-0.2, -0.15) is 0 Å².